The minimum Gasteiger partial charge on any atom is -0.338 e. The summed E-state index contributed by atoms with van der Waals surface area (Å²) in [4.78, 5) is 10.4. The van der Waals surface area contributed by atoms with Gasteiger partial charge < -0.3 is 4.52 Å². The fourth-order valence-corrected chi connectivity index (χ4v) is 4.73. The lowest BCUT2D eigenvalue weighted by atomic mass is 10.3. The lowest BCUT2D eigenvalue weighted by Gasteiger charge is -2.33. The number of aromatic nitrogens is 3. The van der Waals surface area contributed by atoms with E-state index >= 15 is 0 Å². The van der Waals surface area contributed by atoms with Crippen LogP contribution in [0.3, 0.4) is 0 Å². The predicted molar refractivity (Wildman–Crippen MR) is 103 cm³/mol. The number of pyridine rings is 1. The molecule has 0 bridgehead atoms. The third kappa shape index (κ3) is 4.30. The Morgan fingerprint density at radius 3 is 2.66 bits per heavy atom. The molecule has 29 heavy (non-hydrogen) atoms. The largest absolute Gasteiger partial charge is 0.338 e. The van der Waals surface area contributed by atoms with Gasteiger partial charge in [0.25, 0.3) is 0 Å². The minimum atomic E-state index is -3.73. The molecule has 8 nitrogen and oxygen atoms in total. The van der Waals surface area contributed by atoms with Crippen LogP contribution in [0.5, 0.6) is 0 Å². The van der Waals surface area contributed by atoms with E-state index in [1.807, 2.05) is 11.0 Å². The van der Waals surface area contributed by atoms with E-state index < -0.39 is 15.8 Å². The van der Waals surface area contributed by atoms with Crippen LogP contribution in [0.15, 0.2) is 52.1 Å². The highest BCUT2D eigenvalue weighted by Gasteiger charge is 2.29. The lowest BCUT2D eigenvalue weighted by molar-refractivity contribution is 0.163. The van der Waals surface area contributed by atoms with Gasteiger partial charge in [0.15, 0.2) is 0 Å². The smallest absolute Gasteiger partial charge is 0.243 e. The molecule has 2 aromatic heterocycles. The summed E-state index contributed by atoms with van der Waals surface area (Å²) in [5.74, 6) is 0.258. The van der Waals surface area contributed by atoms with Gasteiger partial charge in [-0.05, 0) is 30.3 Å². The van der Waals surface area contributed by atoms with Crippen molar-refractivity contribution in [2.24, 2.45) is 0 Å². The molecule has 1 fully saturated rings. The number of sulfonamides is 1. The fraction of sp³-hybridized carbons (Fsp3) is 0.278. The Morgan fingerprint density at radius 2 is 1.97 bits per heavy atom. The molecule has 3 heterocycles. The topological polar surface area (TPSA) is 92.4 Å². The Kier molecular flexibility index (Phi) is 5.59. The SMILES string of the molecule is O=S(=O)(c1ccc(F)c(Cl)c1)N1CCN(Cc2nc(-c3cccnc3)no2)CC1. The first kappa shape index (κ1) is 19.9. The summed E-state index contributed by atoms with van der Waals surface area (Å²) in [6, 6.07) is 7.05. The minimum absolute atomic E-state index is 0.0182. The maximum absolute atomic E-state index is 13.3. The summed E-state index contributed by atoms with van der Waals surface area (Å²) in [7, 11) is -3.73. The highest BCUT2D eigenvalue weighted by atomic mass is 35.5. The van der Waals surface area contributed by atoms with Gasteiger partial charge in [-0.2, -0.15) is 9.29 Å². The van der Waals surface area contributed by atoms with Crippen molar-refractivity contribution < 1.29 is 17.3 Å². The van der Waals surface area contributed by atoms with E-state index in [-0.39, 0.29) is 9.92 Å². The first-order valence-electron chi connectivity index (χ1n) is 8.84. The summed E-state index contributed by atoms with van der Waals surface area (Å²) in [5.41, 5.74) is 0.761. The van der Waals surface area contributed by atoms with E-state index in [1.54, 1.807) is 18.5 Å². The summed E-state index contributed by atoms with van der Waals surface area (Å²) >= 11 is 5.73. The van der Waals surface area contributed by atoms with Gasteiger partial charge in [0.1, 0.15) is 5.82 Å². The van der Waals surface area contributed by atoms with Crippen LogP contribution >= 0.6 is 11.6 Å². The number of nitrogens with zero attached hydrogens (tertiary/aromatic N) is 5. The standard InChI is InChI=1S/C18H17ClFN5O3S/c19-15-10-14(3-4-16(15)20)29(26,27)25-8-6-24(7-9-25)12-17-22-18(23-28-17)13-2-1-5-21-11-13/h1-5,10-11H,6-9,12H2. The Morgan fingerprint density at radius 1 is 1.17 bits per heavy atom. The van der Waals surface area contributed by atoms with Gasteiger partial charge in [0.05, 0.1) is 16.5 Å². The van der Waals surface area contributed by atoms with Crippen molar-refractivity contribution in [2.45, 2.75) is 11.4 Å². The number of piperazine rings is 1. The third-order valence-electron chi connectivity index (χ3n) is 4.61. The van der Waals surface area contributed by atoms with Crippen molar-refractivity contribution in [1.82, 2.24) is 24.3 Å². The maximum atomic E-state index is 13.3. The second kappa shape index (κ2) is 8.15. The molecule has 4 rings (SSSR count). The molecular formula is C18H17ClFN5O3S. The Hall–Kier alpha value is -2.40. The molecule has 0 unspecified atom stereocenters. The average Bonchev–Trinajstić information content (AvgIpc) is 3.19. The summed E-state index contributed by atoms with van der Waals surface area (Å²) in [5, 5.41) is 3.74. The van der Waals surface area contributed by atoms with Crippen LogP contribution in [0.25, 0.3) is 11.4 Å². The number of rotatable bonds is 5. The monoisotopic (exact) mass is 437 g/mol. The molecule has 0 amide bonds. The van der Waals surface area contributed by atoms with Crippen molar-refractivity contribution in [3.05, 3.63) is 59.5 Å². The van der Waals surface area contributed by atoms with Crippen LogP contribution in [0.1, 0.15) is 5.89 Å². The Balaban J connectivity index is 1.38. The van der Waals surface area contributed by atoms with Crippen molar-refractivity contribution in [3.8, 4) is 11.4 Å². The Labute approximate surface area is 172 Å². The molecule has 1 aromatic carbocycles. The first-order chi connectivity index (χ1) is 13.9. The van der Waals surface area contributed by atoms with Crippen molar-refractivity contribution >= 4 is 21.6 Å². The zero-order valence-corrected chi connectivity index (χ0v) is 16.8. The lowest BCUT2D eigenvalue weighted by Crippen LogP contribution is -2.48. The number of hydrogen-bond donors (Lipinski definition) is 0. The number of benzene rings is 1. The molecule has 1 aliphatic heterocycles. The van der Waals surface area contributed by atoms with E-state index in [9.17, 15) is 12.8 Å². The number of hydrogen-bond acceptors (Lipinski definition) is 7. The molecule has 0 N–H and O–H groups in total. The zero-order chi connectivity index (χ0) is 20.4. The molecule has 1 aliphatic rings. The van der Waals surface area contributed by atoms with Crippen LogP contribution in [-0.2, 0) is 16.6 Å². The van der Waals surface area contributed by atoms with E-state index in [2.05, 4.69) is 15.1 Å². The molecule has 0 aliphatic carbocycles. The van der Waals surface area contributed by atoms with Gasteiger partial charge in [0, 0.05) is 44.1 Å². The highest BCUT2D eigenvalue weighted by molar-refractivity contribution is 7.89. The quantitative estimate of drug-likeness (QED) is 0.605. The van der Waals surface area contributed by atoms with Crippen molar-refractivity contribution in [1.29, 1.82) is 0 Å². The molecule has 0 radical (unpaired) electrons. The van der Waals surface area contributed by atoms with Crippen LogP contribution in [-0.4, -0.2) is 58.9 Å². The van der Waals surface area contributed by atoms with E-state index in [1.165, 1.54) is 10.4 Å². The summed E-state index contributed by atoms with van der Waals surface area (Å²) in [6.07, 6.45) is 3.32. The van der Waals surface area contributed by atoms with Crippen LogP contribution in [0.2, 0.25) is 5.02 Å². The normalized spacial score (nSPS) is 16.2. The molecule has 11 heteroatoms. The number of halogens is 2. The van der Waals surface area contributed by atoms with Gasteiger partial charge in [0.2, 0.25) is 21.7 Å². The molecule has 0 atom stereocenters. The molecule has 152 valence electrons. The first-order valence-corrected chi connectivity index (χ1v) is 10.7. The summed E-state index contributed by atoms with van der Waals surface area (Å²) in [6.45, 7) is 2.00. The predicted octanol–water partition coefficient (Wildman–Crippen LogP) is 2.43. The Bertz CT molecular complexity index is 1100. The molecule has 0 spiro atoms. The molecular weight excluding hydrogens is 421 g/mol. The van der Waals surface area contributed by atoms with Gasteiger partial charge >= 0.3 is 0 Å². The van der Waals surface area contributed by atoms with Crippen LogP contribution in [0.4, 0.5) is 4.39 Å². The second-order valence-electron chi connectivity index (χ2n) is 6.51. The van der Waals surface area contributed by atoms with Crippen molar-refractivity contribution in [3.63, 3.8) is 0 Å². The van der Waals surface area contributed by atoms with Crippen molar-refractivity contribution in [2.75, 3.05) is 26.2 Å². The average molecular weight is 438 g/mol. The van der Waals surface area contributed by atoms with E-state index in [0.29, 0.717) is 44.4 Å². The molecule has 0 saturated carbocycles. The van der Waals surface area contributed by atoms with Gasteiger partial charge in [-0.3, -0.25) is 9.88 Å². The maximum Gasteiger partial charge on any atom is 0.243 e. The van der Waals surface area contributed by atoms with E-state index in [0.717, 1.165) is 17.7 Å². The second-order valence-corrected chi connectivity index (χ2v) is 8.85. The molecule has 3 aromatic rings. The highest BCUT2D eigenvalue weighted by Crippen LogP contribution is 2.23. The third-order valence-corrected chi connectivity index (χ3v) is 6.79. The van der Waals surface area contributed by atoms with E-state index in [4.69, 9.17) is 16.1 Å². The fourth-order valence-electron chi connectivity index (χ4n) is 3.04. The van der Waals surface area contributed by atoms with Gasteiger partial charge in [-0.15, -0.1) is 0 Å². The van der Waals surface area contributed by atoms with Gasteiger partial charge in [-0.1, -0.05) is 16.8 Å². The van der Waals surface area contributed by atoms with Gasteiger partial charge in [-0.25, -0.2) is 12.8 Å². The van der Waals surface area contributed by atoms with Crippen LogP contribution < -0.4 is 0 Å². The van der Waals surface area contributed by atoms with Crippen LogP contribution in [0, 0.1) is 5.82 Å². The zero-order valence-electron chi connectivity index (χ0n) is 15.2. The summed E-state index contributed by atoms with van der Waals surface area (Å²) < 4.78 is 45.5. The molecule has 1 saturated heterocycles.